The van der Waals surface area contributed by atoms with Gasteiger partial charge in [0.25, 0.3) is 0 Å². The first-order valence-electron chi connectivity index (χ1n) is 9.02. The average Bonchev–Trinajstić information content (AvgIpc) is 2.75. The smallest absolute Gasteiger partial charge is 0.346 e. The molecule has 0 amide bonds. The molecule has 0 aliphatic heterocycles. The Kier molecular flexibility index (Phi) is 4.91. The zero-order valence-electron chi connectivity index (χ0n) is 15.9. The van der Waals surface area contributed by atoms with Gasteiger partial charge in [0.1, 0.15) is 23.3 Å². The van der Waals surface area contributed by atoms with Crippen molar-refractivity contribution in [3.05, 3.63) is 77.2 Å². The standard InChI is InChI=1S/C23H18O6/c1-14(23(25)26-2)28-18-9-10-19-20(12-18)27-13-21(22(19)24)29-17-8-7-15-5-3-4-6-16(15)11-17/h3-14H,1-2H3/t14-/m1/s1. The molecule has 0 unspecified atom stereocenters. The number of carbonyl (C=O) groups excluding carboxylic acids is 1. The molecule has 4 aromatic rings. The maximum atomic E-state index is 12.8. The molecule has 0 fully saturated rings. The van der Waals surface area contributed by atoms with Crippen LogP contribution in [0.1, 0.15) is 6.92 Å². The Morgan fingerprint density at radius 2 is 1.72 bits per heavy atom. The molecule has 3 aromatic carbocycles. The van der Waals surface area contributed by atoms with E-state index in [0.717, 1.165) is 10.8 Å². The second-order valence-electron chi connectivity index (χ2n) is 6.48. The van der Waals surface area contributed by atoms with Crippen LogP contribution in [0.15, 0.2) is 76.1 Å². The van der Waals surface area contributed by atoms with E-state index in [2.05, 4.69) is 4.74 Å². The minimum Gasteiger partial charge on any atom is -0.479 e. The summed E-state index contributed by atoms with van der Waals surface area (Å²) in [6, 6.07) is 18.2. The highest BCUT2D eigenvalue weighted by Crippen LogP contribution is 2.27. The van der Waals surface area contributed by atoms with Gasteiger partial charge in [-0.3, -0.25) is 4.79 Å². The Labute approximate surface area is 166 Å². The monoisotopic (exact) mass is 390 g/mol. The Morgan fingerprint density at radius 1 is 0.966 bits per heavy atom. The number of hydrogen-bond donors (Lipinski definition) is 0. The third kappa shape index (κ3) is 3.78. The molecule has 6 nitrogen and oxygen atoms in total. The molecule has 0 aliphatic rings. The maximum Gasteiger partial charge on any atom is 0.346 e. The summed E-state index contributed by atoms with van der Waals surface area (Å²) in [5.74, 6) is 0.527. The van der Waals surface area contributed by atoms with Gasteiger partial charge in [0, 0.05) is 6.07 Å². The minimum atomic E-state index is -0.778. The predicted octanol–water partition coefficient (Wildman–Crippen LogP) is 4.68. The number of methoxy groups -OCH3 is 1. The van der Waals surface area contributed by atoms with E-state index in [4.69, 9.17) is 13.9 Å². The lowest BCUT2D eigenvalue weighted by Crippen LogP contribution is -2.24. The van der Waals surface area contributed by atoms with Gasteiger partial charge in [-0.2, -0.15) is 0 Å². The van der Waals surface area contributed by atoms with E-state index < -0.39 is 12.1 Å². The lowest BCUT2D eigenvalue weighted by Gasteiger charge is -2.12. The van der Waals surface area contributed by atoms with Gasteiger partial charge in [-0.1, -0.05) is 30.3 Å². The SMILES string of the molecule is COC(=O)[C@@H](C)Oc1ccc2c(=O)c(Oc3ccc4ccccc4c3)coc2c1. The number of rotatable bonds is 5. The van der Waals surface area contributed by atoms with Crippen LogP contribution >= 0.6 is 0 Å². The maximum absolute atomic E-state index is 12.8. The lowest BCUT2D eigenvalue weighted by atomic mass is 10.1. The van der Waals surface area contributed by atoms with E-state index in [9.17, 15) is 9.59 Å². The van der Waals surface area contributed by atoms with Crippen molar-refractivity contribution in [2.75, 3.05) is 7.11 Å². The molecule has 1 atom stereocenters. The van der Waals surface area contributed by atoms with Crippen molar-refractivity contribution in [3.63, 3.8) is 0 Å². The fraction of sp³-hybridized carbons (Fsp3) is 0.130. The summed E-state index contributed by atoms with van der Waals surface area (Å²) in [6.45, 7) is 1.58. The Hall–Kier alpha value is -3.80. The molecular weight excluding hydrogens is 372 g/mol. The molecule has 1 heterocycles. The van der Waals surface area contributed by atoms with Gasteiger partial charge in [-0.25, -0.2) is 4.79 Å². The van der Waals surface area contributed by atoms with Crippen LogP contribution in [0.5, 0.6) is 17.2 Å². The van der Waals surface area contributed by atoms with Crippen molar-refractivity contribution < 1.29 is 23.4 Å². The number of esters is 1. The molecule has 0 bridgehead atoms. The van der Waals surface area contributed by atoms with Crippen molar-refractivity contribution in [1.29, 1.82) is 0 Å². The number of hydrogen-bond acceptors (Lipinski definition) is 6. The molecule has 146 valence electrons. The highest BCUT2D eigenvalue weighted by atomic mass is 16.6. The van der Waals surface area contributed by atoms with E-state index >= 15 is 0 Å². The quantitative estimate of drug-likeness (QED) is 0.461. The van der Waals surface area contributed by atoms with E-state index in [1.807, 2.05) is 36.4 Å². The second kappa shape index (κ2) is 7.67. The van der Waals surface area contributed by atoms with Crippen molar-refractivity contribution in [3.8, 4) is 17.2 Å². The molecule has 0 N–H and O–H groups in total. The summed E-state index contributed by atoms with van der Waals surface area (Å²) in [5, 5.41) is 2.44. The van der Waals surface area contributed by atoms with Crippen molar-refractivity contribution >= 4 is 27.7 Å². The van der Waals surface area contributed by atoms with Crippen molar-refractivity contribution in [2.24, 2.45) is 0 Å². The fourth-order valence-corrected chi connectivity index (χ4v) is 3.01. The fourth-order valence-electron chi connectivity index (χ4n) is 3.01. The number of ether oxygens (including phenoxy) is 3. The lowest BCUT2D eigenvalue weighted by molar-refractivity contribution is -0.147. The van der Waals surface area contributed by atoms with Crippen LogP contribution in [0.25, 0.3) is 21.7 Å². The molecule has 0 saturated carbocycles. The van der Waals surface area contributed by atoms with Crippen molar-refractivity contribution in [2.45, 2.75) is 13.0 Å². The normalized spacial score (nSPS) is 11.9. The van der Waals surface area contributed by atoms with Crippen LogP contribution in [-0.2, 0) is 9.53 Å². The molecule has 0 radical (unpaired) electrons. The molecule has 29 heavy (non-hydrogen) atoms. The van der Waals surface area contributed by atoms with Gasteiger partial charge < -0.3 is 18.6 Å². The molecule has 4 rings (SSSR count). The Morgan fingerprint density at radius 3 is 2.52 bits per heavy atom. The number of carbonyl (C=O) groups is 1. The van der Waals surface area contributed by atoms with E-state index in [0.29, 0.717) is 22.5 Å². The number of benzene rings is 3. The topological polar surface area (TPSA) is 75.0 Å². The van der Waals surface area contributed by atoms with E-state index in [-0.39, 0.29) is 11.2 Å². The summed E-state index contributed by atoms with van der Waals surface area (Å²) in [4.78, 5) is 24.3. The first kappa shape index (κ1) is 18.6. The van der Waals surface area contributed by atoms with Crippen LogP contribution in [-0.4, -0.2) is 19.2 Å². The first-order valence-corrected chi connectivity index (χ1v) is 9.02. The molecule has 1 aromatic heterocycles. The van der Waals surface area contributed by atoms with Crippen LogP contribution in [0, 0.1) is 0 Å². The van der Waals surface area contributed by atoms with Gasteiger partial charge in [0.2, 0.25) is 11.2 Å². The highest BCUT2D eigenvalue weighted by Gasteiger charge is 2.16. The second-order valence-corrected chi connectivity index (χ2v) is 6.48. The van der Waals surface area contributed by atoms with E-state index in [1.54, 1.807) is 31.2 Å². The summed E-state index contributed by atoms with van der Waals surface area (Å²) in [7, 11) is 1.29. The minimum absolute atomic E-state index is 0.0874. The van der Waals surface area contributed by atoms with Gasteiger partial charge >= 0.3 is 5.97 Å². The summed E-state index contributed by atoms with van der Waals surface area (Å²) in [5.41, 5.74) is 0.0300. The molecule has 6 heteroatoms. The van der Waals surface area contributed by atoms with Crippen molar-refractivity contribution in [1.82, 2.24) is 0 Å². The van der Waals surface area contributed by atoms with Crippen LogP contribution in [0.4, 0.5) is 0 Å². The Bertz CT molecular complexity index is 1260. The summed E-state index contributed by atoms with van der Waals surface area (Å²) >= 11 is 0. The average molecular weight is 390 g/mol. The highest BCUT2D eigenvalue weighted by molar-refractivity contribution is 5.84. The van der Waals surface area contributed by atoms with Crippen LogP contribution in [0.2, 0.25) is 0 Å². The third-order valence-electron chi connectivity index (χ3n) is 4.51. The number of fused-ring (bicyclic) bond motifs is 2. The third-order valence-corrected chi connectivity index (χ3v) is 4.51. The Balaban J connectivity index is 1.62. The van der Waals surface area contributed by atoms with Gasteiger partial charge in [-0.05, 0) is 42.0 Å². The van der Waals surface area contributed by atoms with Crippen LogP contribution in [0.3, 0.4) is 0 Å². The molecule has 0 spiro atoms. The van der Waals surface area contributed by atoms with E-state index in [1.165, 1.54) is 13.4 Å². The van der Waals surface area contributed by atoms with Gasteiger partial charge in [0.05, 0.1) is 12.5 Å². The zero-order chi connectivity index (χ0) is 20.4. The summed E-state index contributed by atoms with van der Waals surface area (Å²) in [6.07, 6.45) is 0.493. The molecule has 0 saturated heterocycles. The predicted molar refractivity (Wildman–Crippen MR) is 109 cm³/mol. The zero-order valence-corrected chi connectivity index (χ0v) is 15.9. The largest absolute Gasteiger partial charge is 0.479 e. The van der Waals surface area contributed by atoms with Crippen LogP contribution < -0.4 is 14.9 Å². The molecule has 0 aliphatic carbocycles. The molecular formula is C23H18O6. The van der Waals surface area contributed by atoms with Gasteiger partial charge in [-0.15, -0.1) is 0 Å². The first-order chi connectivity index (χ1) is 14.0. The summed E-state index contributed by atoms with van der Waals surface area (Å²) < 4.78 is 21.5. The van der Waals surface area contributed by atoms with Gasteiger partial charge in [0.15, 0.2) is 6.10 Å².